The van der Waals surface area contributed by atoms with E-state index in [4.69, 9.17) is 5.73 Å². The van der Waals surface area contributed by atoms with Crippen LogP contribution < -0.4 is 11.1 Å². The van der Waals surface area contributed by atoms with Crippen LogP contribution in [0.4, 0.5) is 0 Å². The molecule has 0 spiro atoms. The number of nitrogens with two attached hydrogens (primary N) is 1. The third kappa shape index (κ3) is 3.58. The number of hydrogen-bond acceptors (Lipinski definition) is 2. The molecular weight excluding hydrogens is 172 g/mol. The van der Waals surface area contributed by atoms with E-state index in [9.17, 15) is 0 Å². The Hall–Kier alpha value is -0.0800. The normalized spacial score (nSPS) is 35.6. The molecule has 3 atom stereocenters. The highest BCUT2D eigenvalue weighted by molar-refractivity contribution is 4.91. The van der Waals surface area contributed by atoms with E-state index < -0.39 is 0 Å². The maximum atomic E-state index is 6.39. The summed E-state index contributed by atoms with van der Waals surface area (Å²) in [5.74, 6) is 0.812. The molecule has 0 amide bonds. The molecule has 2 nitrogen and oxygen atoms in total. The number of rotatable bonds is 4. The standard InChI is InChI=1S/C12H26N2/c1-4-11(3)14-9-12(13)7-5-6-10(2)8-12/h10-11,14H,4-9,13H2,1-3H3. The second-order valence-electron chi connectivity index (χ2n) is 5.25. The molecule has 14 heavy (non-hydrogen) atoms. The van der Waals surface area contributed by atoms with Crippen molar-refractivity contribution in [3.05, 3.63) is 0 Å². The van der Waals surface area contributed by atoms with Gasteiger partial charge < -0.3 is 11.1 Å². The van der Waals surface area contributed by atoms with E-state index in [1.807, 2.05) is 0 Å². The molecule has 0 aromatic rings. The Labute approximate surface area is 88.6 Å². The quantitative estimate of drug-likeness (QED) is 0.727. The van der Waals surface area contributed by atoms with Crippen LogP contribution in [0.5, 0.6) is 0 Å². The molecular formula is C12H26N2. The fourth-order valence-corrected chi connectivity index (χ4v) is 2.38. The van der Waals surface area contributed by atoms with Crippen LogP contribution in [0.1, 0.15) is 52.9 Å². The van der Waals surface area contributed by atoms with E-state index in [-0.39, 0.29) is 5.54 Å². The van der Waals surface area contributed by atoms with Crippen molar-refractivity contribution in [1.29, 1.82) is 0 Å². The monoisotopic (exact) mass is 198 g/mol. The molecule has 0 aromatic carbocycles. The molecule has 1 saturated carbocycles. The Bertz CT molecular complexity index is 170. The SMILES string of the molecule is CCC(C)NCC1(N)CCCC(C)C1. The highest BCUT2D eigenvalue weighted by Gasteiger charge is 2.30. The summed E-state index contributed by atoms with van der Waals surface area (Å²) in [4.78, 5) is 0. The van der Waals surface area contributed by atoms with Crippen molar-refractivity contribution in [2.24, 2.45) is 11.7 Å². The van der Waals surface area contributed by atoms with E-state index in [0.717, 1.165) is 12.5 Å². The summed E-state index contributed by atoms with van der Waals surface area (Å²) in [6.07, 6.45) is 6.24. The average molecular weight is 198 g/mol. The van der Waals surface area contributed by atoms with Crippen LogP contribution in [0.25, 0.3) is 0 Å². The lowest BCUT2D eigenvalue weighted by Gasteiger charge is -2.37. The maximum absolute atomic E-state index is 6.39. The van der Waals surface area contributed by atoms with Gasteiger partial charge in [-0.05, 0) is 32.1 Å². The van der Waals surface area contributed by atoms with Gasteiger partial charge in [0, 0.05) is 18.1 Å². The van der Waals surface area contributed by atoms with Crippen molar-refractivity contribution >= 4 is 0 Å². The predicted molar refractivity (Wildman–Crippen MR) is 62.3 cm³/mol. The summed E-state index contributed by atoms with van der Waals surface area (Å²) in [6.45, 7) is 7.76. The zero-order chi connectivity index (χ0) is 10.6. The molecule has 84 valence electrons. The fraction of sp³-hybridized carbons (Fsp3) is 1.00. The van der Waals surface area contributed by atoms with Gasteiger partial charge in [0.05, 0.1) is 0 Å². The average Bonchev–Trinajstić information content (AvgIpc) is 2.14. The summed E-state index contributed by atoms with van der Waals surface area (Å²) in [7, 11) is 0. The van der Waals surface area contributed by atoms with Crippen LogP contribution in [0.15, 0.2) is 0 Å². The molecule has 1 aliphatic rings. The van der Waals surface area contributed by atoms with Gasteiger partial charge in [-0.15, -0.1) is 0 Å². The Morgan fingerprint density at radius 1 is 1.57 bits per heavy atom. The van der Waals surface area contributed by atoms with Crippen LogP contribution in [-0.2, 0) is 0 Å². The van der Waals surface area contributed by atoms with Gasteiger partial charge in [-0.3, -0.25) is 0 Å². The molecule has 0 saturated heterocycles. The van der Waals surface area contributed by atoms with Gasteiger partial charge in [0.25, 0.3) is 0 Å². The van der Waals surface area contributed by atoms with Crippen molar-refractivity contribution in [2.45, 2.75) is 64.5 Å². The van der Waals surface area contributed by atoms with Crippen molar-refractivity contribution in [3.63, 3.8) is 0 Å². The van der Waals surface area contributed by atoms with E-state index in [2.05, 4.69) is 26.1 Å². The van der Waals surface area contributed by atoms with Crippen molar-refractivity contribution in [3.8, 4) is 0 Å². The van der Waals surface area contributed by atoms with Gasteiger partial charge in [-0.25, -0.2) is 0 Å². The van der Waals surface area contributed by atoms with Gasteiger partial charge in [-0.1, -0.05) is 26.7 Å². The maximum Gasteiger partial charge on any atom is 0.0283 e. The highest BCUT2D eigenvalue weighted by atomic mass is 15.0. The van der Waals surface area contributed by atoms with Crippen molar-refractivity contribution in [1.82, 2.24) is 5.32 Å². The Morgan fingerprint density at radius 2 is 2.29 bits per heavy atom. The van der Waals surface area contributed by atoms with Crippen molar-refractivity contribution in [2.75, 3.05) is 6.54 Å². The first-order valence-corrected chi connectivity index (χ1v) is 6.08. The first-order chi connectivity index (χ1) is 6.56. The summed E-state index contributed by atoms with van der Waals surface area (Å²) in [6, 6.07) is 0.604. The Morgan fingerprint density at radius 3 is 2.86 bits per heavy atom. The largest absolute Gasteiger partial charge is 0.324 e. The van der Waals surface area contributed by atoms with Crippen LogP contribution in [0.3, 0.4) is 0 Å². The minimum absolute atomic E-state index is 0.0705. The lowest BCUT2D eigenvalue weighted by atomic mass is 9.77. The van der Waals surface area contributed by atoms with Gasteiger partial charge in [0.15, 0.2) is 0 Å². The Balaban J connectivity index is 2.33. The van der Waals surface area contributed by atoms with Crippen LogP contribution in [0.2, 0.25) is 0 Å². The minimum atomic E-state index is 0.0705. The molecule has 1 aliphatic carbocycles. The van der Waals surface area contributed by atoms with Gasteiger partial charge >= 0.3 is 0 Å². The molecule has 3 unspecified atom stereocenters. The fourth-order valence-electron chi connectivity index (χ4n) is 2.38. The molecule has 0 aliphatic heterocycles. The zero-order valence-electron chi connectivity index (χ0n) is 9.97. The van der Waals surface area contributed by atoms with Crippen LogP contribution in [-0.4, -0.2) is 18.1 Å². The molecule has 3 N–H and O–H groups in total. The predicted octanol–water partition coefficient (Wildman–Crippen LogP) is 2.28. The highest BCUT2D eigenvalue weighted by Crippen LogP contribution is 2.29. The van der Waals surface area contributed by atoms with Gasteiger partial charge in [0.2, 0.25) is 0 Å². The van der Waals surface area contributed by atoms with E-state index >= 15 is 0 Å². The summed E-state index contributed by atoms with van der Waals surface area (Å²) in [5, 5.41) is 3.54. The molecule has 2 heteroatoms. The van der Waals surface area contributed by atoms with Gasteiger partial charge in [0.1, 0.15) is 0 Å². The summed E-state index contributed by atoms with van der Waals surface area (Å²) >= 11 is 0. The second kappa shape index (κ2) is 5.13. The number of hydrogen-bond donors (Lipinski definition) is 2. The lowest BCUT2D eigenvalue weighted by Crippen LogP contribution is -2.53. The molecule has 1 fully saturated rings. The van der Waals surface area contributed by atoms with Crippen molar-refractivity contribution < 1.29 is 0 Å². The van der Waals surface area contributed by atoms with E-state index in [1.165, 1.54) is 32.1 Å². The molecule has 1 rings (SSSR count). The molecule has 0 bridgehead atoms. The zero-order valence-corrected chi connectivity index (χ0v) is 9.97. The number of nitrogens with one attached hydrogen (secondary N) is 1. The van der Waals surface area contributed by atoms with E-state index in [1.54, 1.807) is 0 Å². The van der Waals surface area contributed by atoms with Gasteiger partial charge in [-0.2, -0.15) is 0 Å². The summed E-state index contributed by atoms with van der Waals surface area (Å²) in [5.41, 5.74) is 6.46. The Kier molecular flexibility index (Phi) is 4.39. The first-order valence-electron chi connectivity index (χ1n) is 6.08. The smallest absolute Gasteiger partial charge is 0.0283 e. The van der Waals surface area contributed by atoms with Crippen LogP contribution >= 0.6 is 0 Å². The van der Waals surface area contributed by atoms with E-state index in [0.29, 0.717) is 6.04 Å². The first kappa shape index (κ1) is 12.0. The molecule has 0 heterocycles. The third-order valence-corrected chi connectivity index (χ3v) is 3.54. The summed E-state index contributed by atoms with van der Waals surface area (Å²) < 4.78 is 0. The molecule has 0 radical (unpaired) electrons. The lowest BCUT2D eigenvalue weighted by molar-refractivity contribution is 0.224. The molecule has 0 aromatic heterocycles. The second-order valence-corrected chi connectivity index (χ2v) is 5.25. The topological polar surface area (TPSA) is 38.0 Å². The van der Waals surface area contributed by atoms with Crippen LogP contribution in [0, 0.1) is 5.92 Å². The third-order valence-electron chi connectivity index (χ3n) is 3.54. The minimum Gasteiger partial charge on any atom is -0.324 e.